The fraction of sp³-hybridized carbons (Fsp3) is 0.355. The quantitative estimate of drug-likeness (QED) is 0.270. The van der Waals surface area contributed by atoms with Crippen molar-refractivity contribution in [1.29, 1.82) is 0 Å². The Bertz CT molecular complexity index is 1480. The molecule has 42 heavy (non-hydrogen) atoms. The first-order chi connectivity index (χ1) is 20.0. The maximum Gasteiger partial charge on any atom is 0.264 e. The topological polar surface area (TPSA) is 105 Å². The summed E-state index contributed by atoms with van der Waals surface area (Å²) in [6, 6.07) is 15.5. The van der Waals surface area contributed by atoms with Gasteiger partial charge in [-0.25, -0.2) is 12.8 Å². The number of hydrogen-bond donors (Lipinski definition) is 1. The summed E-state index contributed by atoms with van der Waals surface area (Å²) in [5.41, 5.74) is 1.81. The molecule has 0 aliphatic carbocycles. The minimum absolute atomic E-state index is 0.0791. The highest BCUT2D eigenvalue weighted by atomic mass is 32.2. The second-order valence-corrected chi connectivity index (χ2v) is 11.6. The molecule has 2 amide bonds. The highest BCUT2D eigenvalue weighted by Crippen LogP contribution is 2.32. The molecule has 0 fully saturated rings. The van der Waals surface area contributed by atoms with Gasteiger partial charge in [0.1, 0.15) is 18.4 Å². The predicted octanol–water partition coefficient (Wildman–Crippen LogP) is 4.68. The number of anilines is 1. The van der Waals surface area contributed by atoms with E-state index < -0.39 is 34.3 Å². The molecule has 0 aromatic heterocycles. The average Bonchev–Trinajstić information content (AvgIpc) is 2.99. The number of amides is 2. The first-order valence-electron chi connectivity index (χ1n) is 13.7. The van der Waals surface area contributed by atoms with Crippen molar-refractivity contribution >= 4 is 27.5 Å². The van der Waals surface area contributed by atoms with Gasteiger partial charge in [-0.2, -0.15) is 0 Å². The number of nitrogens with zero attached hydrogens (tertiary/aromatic N) is 2. The van der Waals surface area contributed by atoms with E-state index in [1.807, 2.05) is 38.1 Å². The van der Waals surface area contributed by atoms with Crippen LogP contribution in [0.2, 0.25) is 0 Å². The molecule has 1 N–H and O–H groups in total. The van der Waals surface area contributed by atoms with Crippen LogP contribution in [-0.4, -0.2) is 58.5 Å². The second kappa shape index (κ2) is 14.7. The molecule has 0 bridgehead atoms. The number of benzene rings is 3. The minimum Gasteiger partial charge on any atom is -0.493 e. The number of carbonyl (C=O) groups is 2. The predicted molar refractivity (Wildman–Crippen MR) is 160 cm³/mol. The van der Waals surface area contributed by atoms with Crippen LogP contribution in [0, 0.1) is 12.7 Å². The molecule has 3 rings (SSSR count). The van der Waals surface area contributed by atoms with Crippen molar-refractivity contribution < 1.29 is 31.9 Å². The van der Waals surface area contributed by atoms with Crippen LogP contribution in [-0.2, 0) is 26.2 Å². The Morgan fingerprint density at radius 3 is 2.26 bits per heavy atom. The maximum absolute atomic E-state index is 14.0. The molecule has 0 saturated heterocycles. The summed E-state index contributed by atoms with van der Waals surface area (Å²) in [5, 5.41) is 2.86. The van der Waals surface area contributed by atoms with E-state index in [2.05, 4.69) is 5.32 Å². The van der Waals surface area contributed by atoms with Gasteiger partial charge in [-0.1, -0.05) is 37.6 Å². The number of sulfonamides is 1. The average molecular weight is 600 g/mol. The van der Waals surface area contributed by atoms with Gasteiger partial charge < -0.3 is 19.7 Å². The summed E-state index contributed by atoms with van der Waals surface area (Å²) in [4.78, 5) is 28.3. The Morgan fingerprint density at radius 1 is 0.976 bits per heavy atom. The van der Waals surface area contributed by atoms with E-state index in [0.717, 1.165) is 40.4 Å². The van der Waals surface area contributed by atoms with E-state index in [1.54, 1.807) is 6.92 Å². The number of aryl methyl sites for hydroxylation is 1. The normalized spacial score (nSPS) is 11.9. The molecule has 11 heteroatoms. The van der Waals surface area contributed by atoms with Gasteiger partial charge in [0.25, 0.3) is 10.0 Å². The Kier molecular flexibility index (Phi) is 11.3. The van der Waals surface area contributed by atoms with E-state index in [4.69, 9.17) is 9.47 Å². The Labute approximate surface area is 247 Å². The van der Waals surface area contributed by atoms with Crippen LogP contribution >= 0.6 is 0 Å². The number of unbranched alkanes of at least 4 members (excludes halogenated alkanes) is 1. The van der Waals surface area contributed by atoms with Crippen molar-refractivity contribution in [3.8, 4) is 11.5 Å². The second-order valence-electron chi connectivity index (χ2n) is 9.77. The van der Waals surface area contributed by atoms with Crippen molar-refractivity contribution in [2.45, 2.75) is 51.1 Å². The number of carbonyl (C=O) groups excluding carboxylic acids is 2. The number of methoxy groups -OCH3 is 2. The van der Waals surface area contributed by atoms with Crippen LogP contribution in [0.25, 0.3) is 0 Å². The molecular weight excluding hydrogens is 561 g/mol. The monoisotopic (exact) mass is 599 g/mol. The van der Waals surface area contributed by atoms with Crippen molar-refractivity contribution in [2.24, 2.45) is 0 Å². The summed E-state index contributed by atoms with van der Waals surface area (Å²) in [7, 11) is -1.56. The van der Waals surface area contributed by atoms with Gasteiger partial charge in [-0.15, -0.1) is 0 Å². The van der Waals surface area contributed by atoms with Crippen molar-refractivity contribution in [2.75, 3.05) is 31.6 Å². The van der Waals surface area contributed by atoms with E-state index in [0.29, 0.717) is 12.3 Å². The largest absolute Gasteiger partial charge is 0.493 e. The van der Waals surface area contributed by atoms with Crippen LogP contribution in [0.5, 0.6) is 11.5 Å². The molecule has 226 valence electrons. The number of halogens is 1. The molecule has 3 aromatic carbocycles. The molecule has 0 unspecified atom stereocenters. The number of ether oxygens (including phenoxy) is 2. The van der Waals surface area contributed by atoms with E-state index in [1.165, 1.54) is 49.5 Å². The summed E-state index contributed by atoms with van der Waals surface area (Å²) in [5.74, 6) is -1.01. The number of nitrogens with one attached hydrogen (secondary N) is 1. The highest BCUT2D eigenvalue weighted by molar-refractivity contribution is 7.92. The lowest BCUT2D eigenvalue weighted by Crippen LogP contribution is -2.51. The van der Waals surface area contributed by atoms with Crippen molar-refractivity contribution in [3.05, 3.63) is 83.7 Å². The SMILES string of the molecule is CCCCNC(=O)[C@@H](C)N(Cc1ccccc1C)C(=O)CN(c1ccc(F)cc1)S(=O)(=O)c1ccc(OC)c(OC)c1. The fourth-order valence-electron chi connectivity index (χ4n) is 4.33. The van der Waals surface area contributed by atoms with E-state index in [-0.39, 0.29) is 28.8 Å². The molecule has 0 aliphatic heterocycles. The molecule has 0 spiro atoms. The summed E-state index contributed by atoms with van der Waals surface area (Å²) >= 11 is 0. The molecule has 9 nitrogen and oxygen atoms in total. The molecule has 0 aliphatic rings. The van der Waals surface area contributed by atoms with Crippen LogP contribution in [0.15, 0.2) is 71.6 Å². The van der Waals surface area contributed by atoms with Crippen molar-refractivity contribution in [1.82, 2.24) is 10.2 Å². The van der Waals surface area contributed by atoms with Gasteiger partial charge in [-0.3, -0.25) is 13.9 Å². The van der Waals surface area contributed by atoms with Gasteiger partial charge in [0.05, 0.1) is 24.8 Å². The van der Waals surface area contributed by atoms with E-state index >= 15 is 0 Å². The minimum atomic E-state index is -4.37. The number of hydrogen-bond acceptors (Lipinski definition) is 6. The smallest absolute Gasteiger partial charge is 0.264 e. The van der Waals surface area contributed by atoms with Crippen molar-refractivity contribution in [3.63, 3.8) is 0 Å². The first kappa shape index (κ1) is 32.4. The van der Waals surface area contributed by atoms with Gasteiger partial charge >= 0.3 is 0 Å². The zero-order valence-electron chi connectivity index (χ0n) is 24.6. The van der Waals surface area contributed by atoms with Crippen LogP contribution < -0.4 is 19.1 Å². The van der Waals surface area contributed by atoms with Crippen LogP contribution in [0.4, 0.5) is 10.1 Å². The Morgan fingerprint density at radius 2 is 1.64 bits per heavy atom. The van der Waals surface area contributed by atoms with Gasteiger partial charge in [0.15, 0.2) is 11.5 Å². The third-order valence-corrected chi connectivity index (χ3v) is 8.71. The van der Waals surface area contributed by atoms with E-state index in [9.17, 15) is 22.4 Å². The molecule has 3 aromatic rings. The summed E-state index contributed by atoms with van der Waals surface area (Å²) in [6.07, 6.45) is 1.67. The third-order valence-electron chi connectivity index (χ3n) is 6.94. The summed E-state index contributed by atoms with van der Waals surface area (Å²) in [6.45, 7) is 5.43. The summed E-state index contributed by atoms with van der Waals surface area (Å²) < 4.78 is 53.3. The first-order valence-corrected chi connectivity index (χ1v) is 15.1. The Hall–Kier alpha value is -4.12. The standard InChI is InChI=1S/C31H38FN3O6S/c1-6-7-18-33-31(37)23(3)34(20-24-11-9-8-10-22(24)2)30(36)21-35(26-14-12-25(32)13-15-26)42(38,39)27-16-17-28(40-4)29(19-27)41-5/h8-17,19,23H,6-7,18,20-21H2,1-5H3,(H,33,37)/t23-/m1/s1. The zero-order valence-corrected chi connectivity index (χ0v) is 25.4. The van der Waals surface area contributed by atoms with Gasteiger partial charge in [-0.05, 0) is 67.8 Å². The molecule has 0 radical (unpaired) electrons. The molecule has 1 atom stereocenters. The van der Waals surface area contributed by atoms with Crippen LogP contribution in [0.1, 0.15) is 37.8 Å². The Balaban J connectivity index is 2.05. The van der Waals surface area contributed by atoms with Gasteiger partial charge in [0.2, 0.25) is 11.8 Å². The molecular formula is C31H38FN3O6S. The maximum atomic E-state index is 14.0. The highest BCUT2D eigenvalue weighted by Gasteiger charge is 2.33. The zero-order chi connectivity index (χ0) is 30.9. The van der Waals surface area contributed by atoms with Gasteiger partial charge in [0, 0.05) is 19.2 Å². The third kappa shape index (κ3) is 7.79. The fourth-order valence-corrected chi connectivity index (χ4v) is 5.76. The lowest BCUT2D eigenvalue weighted by Gasteiger charge is -2.32. The molecule has 0 heterocycles. The van der Waals surface area contributed by atoms with Crippen LogP contribution in [0.3, 0.4) is 0 Å². The molecule has 0 saturated carbocycles. The lowest BCUT2D eigenvalue weighted by molar-refractivity contribution is -0.139. The number of rotatable bonds is 14. The lowest BCUT2D eigenvalue weighted by atomic mass is 10.1.